The second-order valence-electron chi connectivity index (χ2n) is 3.85. The van der Waals surface area contributed by atoms with Gasteiger partial charge in [0, 0.05) is 5.69 Å². The van der Waals surface area contributed by atoms with Gasteiger partial charge in [-0.3, -0.25) is 4.79 Å². The smallest absolute Gasteiger partial charge is 0.259 e. The van der Waals surface area contributed by atoms with Crippen LogP contribution >= 0.6 is 0 Å². The number of carbonyl (C=O) groups is 1. The van der Waals surface area contributed by atoms with E-state index >= 15 is 0 Å². The van der Waals surface area contributed by atoms with Crippen LogP contribution in [0.5, 0.6) is 5.75 Å². The zero-order chi connectivity index (χ0) is 14.0. The van der Waals surface area contributed by atoms with Crippen LogP contribution in [0.15, 0.2) is 36.4 Å². The van der Waals surface area contributed by atoms with Gasteiger partial charge in [-0.2, -0.15) is 0 Å². The van der Waals surface area contributed by atoms with E-state index in [0.717, 1.165) is 24.3 Å². The molecule has 98 valence electrons. The van der Waals surface area contributed by atoms with Gasteiger partial charge in [-0.25, -0.2) is 8.78 Å². The van der Waals surface area contributed by atoms with Gasteiger partial charge in [0.2, 0.25) is 0 Å². The van der Waals surface area contributed by atoms with E-state index < -0.39 is 23.3 Å². The second-order valence-corrected chi connectivity index (χ2v) is 3.85. The summed E-state index contributed by atoms with van der Waals surface area (Å²) in [5.74, 6) is -2.60. The molecule has 2 aromatic rings. The van der Waals surface area contributed by atoms with Crippen LogP contribution in [0.25, 0.3) is 0 Å². The Labute approximate surface area is 107 Å². The quantitative estimate of drug-likeness (QED) is 0.729. The van der Waals surface area contributed by atoms with Gasteiger partial charge in [0.05, 0.1) is 11.3 Å². The lowest BCUT2D eigenvalue weighted by molar-refractivity contribution is 0.102. The van der Waals surface area contributed by atoms with Crippen molar-refractivity contribution in [1.29, 1.82) is 0 Å². The maximum atomic E-state index is 13.4. The zero-order valence-electron chi connectivity index (χ0n) is 9.65. The molecular formula is C13H10F2N2O2. The number of benzene rings is 2. The molecule has 0 aliphatic heterocycles. The molecule has 4 nitrogen and oxygen atoms in total. The Balaban J connectivity index is 2.30. The van der Waals surface area contributed by atoms with Crippen molar-refractivity contribution in [2.24, 2.45) is 0 Å². The Kier molecular flexibility index (Phi) is 3.33. The highest BCUT2D eigenvalue weighted by Crippen LogP contribution is 2.22. The van der Waals surface area contributed by atoms with E-state index in [4.69, 9.17) is 5.73 Å². The molecule has 0 saturated carbocycles. The van der Waals surface area contributed by atoms with Crippen molar-refractivity contribution >= 4 is 17.3 Å². The molecule has 4 N–H and O–H groups in total. The van der Waals surface area contributed by atoms with Crippen LogP contribution in [0, 0.1) is 11.6 Å². The highest BCUT2D eigenvalue weighted by atomic mass is 19.1. The van der Waals surface area contributed by atoms with Gasteiger partial charge in [0.25, 0.3) is 5.91 Å². The van der Waals surface area contributed by atoms with Crippen LogP contribution in [0.4, 0.5) is 20.2 Å². The van der Waals surface area contributed by atoms with Crippen molar-refractivity contribution in [3.63, 3.8) is 0 Å². The molecular weight excluding hydrogens is 254 g/mol. The van der Waals surface area contributed by atoms with Crippen LogP contribution in [-0.4, -0.2) is 11.0 Å². The molecule has 0 radical (unpaired) electrons. The number of nitrogens with one attached hydrogen (secondary N) is 1. The number of halogens is 2. The highest BCUT2D eigenvalue weighted by Gasteiger charge is 2.14. The molecule has 0 atom stereocenters. The summed E-state index contributed by atoms with van der Waals surface area (Å²) in [5, 5.41) is 11.7. The summed E-state index contributed by atoms with van der Waals surface area (Å²) in [6.45, 7) is 0. The van der Waals surface area contributed by atoms with Crippen molar-refractivity contribution in [1.82, 2.24) is 0 Å². The summed E-state index contributed by atoms with van der Waals surface area (Å²) < 4.78 is 26.4. The Bertz CT molecular complexity index is 645. The van der Waals surface area contributed by atoms with Crippen LogP contribution in [-0.2, 0) is 0 Å². The van der Waals surface area contributed by atoms with Crippen LogP contribution in [0.3, 0.4) is 0 Å². The van der Waals surface area contributed by atoms with Crippen molar-refractivity contribution in [2.45, 2.75) is 0 Å². The summed E-state index contributed by atoms with van der Waals surface area (Å²) in [6, 6.07) is 6.56. The van der Waals surface area contributed by atoms with E-state index in [2.05, 4.69) is 5.32 Å². The number of aromatic hydroxyl groups is 1. The molecule has 6 heteroatoms. The molecule has 0 bridgehead atoms. The number of phenolic OH excluding ortho intramolecular Hbond substituents is 1. The molecule has 0 heterocycles. The lowest BCUT2D eigenvalue weighted by Gasteiger charge is -2.08. The fraction of sp³-hybridized carbons (Fsp3) is 0. The van der Waals surface area contributed by atoms with E-state index in [1.165, 1.54) is 12.1 Å². The first-order valence-corrected chi connectivity index (χ1v) is 5.32. The standard InChI is InChI=1S/C13H10F2N2O2/c14-7-1-4-12(18)9(5-7)13(19)17-11-6-8(16)2-3-10(11)15/h1-6,18H,16H2,(H,17,19). The Morgan fingerprint density at radius 3 is 2.63 bits per heavy atom. The molecule has 0 aliphatic carbocycles. The number of nitrogens with two attached hydrogens (primary N) is 1. The van der Waals surface area contributed by atoms with Gasteiger partial charge in [-0.05, 0) is 36.4 Å². The minimum atomic E-state index is -0.832. The highest BCUT2D eigenvalue weighted by molar-refractivity contribution is 6.06. The van der Waals surface area contributed by atoms with Crippen molar-refractivity contribution in [2.75, 3.05) is 11.1 Å². The number of anilines is 2. The number of nitrogen functional groups attached to an aromatic ring is 1. The predicted molar refractivity (Wildman–Crippen MR) is 66.8 cm³/mol. The van der Waals surface area contributed by atoms with Gasteiger partial charge in [-0.1, -0.05) is 0 Å². The molecule has 0 fully saturated rings. The molecule has 2 aromatic carbocycles. The Morgan fingerprint density at radius 2 is 1.89 bits per heavy atom. The first-order valence-electron chi connectivity index (χ1n) is 5.32. The lowest BCUT2D eigenvalue weighted by Crippen LogP contribution is -2.13. The average Bonchev–Trinajstić information content (AvgIpc) is 2.36. The normalized spacial score (nSPS) is 10.2. The first kappa shape index (κ1) is 12.8. The third kappa shape index (κ3) is 2.79. The number of phenols is 1. The van der Waals surface area contributed by atoms with Crippen molar-refractivity contribution < 1.29 is 18.7 Å². The first-order chi connectivity index (χ1) is 8.97. The van der Waals surface area contributed by atoms with Crippen molar-refractivity contribution in [3.05, 3.63) is 53.6 Å². The third-order valence-electron chi connectivity index (χ3n) is 2.44. The van der Waals surface area contributed by atoms with E-state index in [0.29, 0.717) is 0 Å². The van der Waals surface area contributed by atoms with Gasteiger partial charge in [0.1, 0.15) is 17.4 Å². The molecule has 2 rings (SSSR count). The SMILES string of the molecule is Nc1ccc(F)c(NC(=O)c2cc(F)ccc2O)c1. The number of carbonyl (C=O) groups excluding carboxylic acids is 1. The number of amides is 1. The summed E-state index contributed by atoms with van der Waals surface area (Å²) in [4.78, 5) is 11.8. The van der Waals surface area contributed by atoms with Gasteiger partial charge in [0.15, 0.2) is 0 Å². The molecule has 0 saturated heterocycles. The van der Waals surface area contributed by atoms with Gasteiger partial charge >= 0.3 is 0 Å². The number of hydrogen-bond acceptors (Lipinski definition) is 3. The Morgan fingerprint density at radius 1 is 1.16 bits per heavy atom. The minimum Gasteiger partial charge on any atom is -0.507 e. The van der Waals surface area contributed by atoms with E-state index in [-0.39, 0.29) is 16.9 Å². The number of rotatable bonds is 2. The van der Waals surface area contributed by atoms with Crippen LogP contribution < -0.4 is 11.1 Å². The minimum absolute atomic E-state index is 0.145. The van der Waals surface area contributed by atoms with E-state index in [9.17, 15) is 18.7 Å². The van der Waals surface area contributed by atoms with Gasteiger partial charge in [-0.15, -0.1) is 0 Å². The topological polar surface area (TPSA) is 75.3 Å². The molecule has 0 unspecified atom stereocenters. The summed E-state index contributed by atoms with van der Waals surface area (Å²) in [6.07, 6.45) is 0. The lowest BCUT2D eigenvalue weighted by atomic mass is 10.1. The third-order valence-corrected chi connectivity index (χ3v) is 2.44. The maximum Gasteiger partial charge on any atom is 0.259 e. The fourth-order valence-electron chi connectivity index (χ4n) is 1.52. The predicted octanol–water partition coefficient (Wildman–Crippen LogP) is 2.50. The summed E-state index contributed by atoms with van der Waals surface area (Å²) in [5.41, 5.74) is 5.30. The van der Waals surface area contributed by atoms with Crippen molar-refractivity contribution in [3.8, 4) is 5.75 Å². The Hall–Kier alpha value is -2.63. The molecule has 0 aliphatic rings. The average molecular weight is 264 g/mol. The maximum absolute atomic E-state index is 13.4. The molecule has 1 amide bonds. The largest absolute Gasteiger partial charge is 0.507 e. The van der Waals surface area contributed by atoms with Crippen LogP contribution in [0.1, 0.15) is 10.4 Å². The summed E-state index contributed by atoms with van der Waals surface area (Å²) >= 11 is 0. The van der Waals surface area contributed by atoms with Crippen LogP contribution in [0.2, 0.25) is 0 Å². The molecule has 0 spiro atoms. The second kappa shape index (κ2) is 4.93. The summed E-state index contributed by atoms with van der Waals surface area (Å²) in [7, 11) is 0. The molecule has 19 heavy (non-hydrogen) atoms. The van der Waals surface area contributed by atoms with Gasteiger partial charge < -0.3 is 16.2 Å². The monoisotopic (exact) mass is 264 g/mol. The van der Waals surface area contributed by atoms with E-state index in [1.54, 1.807) is 0 Å². The van der Waals surface area contributed by atoms with E-state index in [1.807, 2.05) is 0 Å². The number of hydrogen-bond donors (Lipinski definition) is 3. The fourth-order valence-corrected chi connectivity index (χ4v) is 1.52. The molecule has 0 aromatic heterocycles. The zero-order valence-corrected chi connectivity index (χ0v) is 9.65.